The molecule has 0 spiro atoms. The van der Waals surface area contributed by atoms with Crippen molar-refractivity contribution >= 4 is 44.5 Å². The van der Waals surface area contributed by atoms with E-state index in [1.807, 2.05) is 0 Å². The number of fused-ring (bicyclic) bond motifs is 1. The number of methoxy groups -OCH3 is 1. The topological polar surface area (TPSA) is 151 Å². The summed E-state index contributed by atoms with van der Waals surface area (Å²) in [5, 5.41) is 10.9. The number of carbonyl (C=O) groups is 1. The van der Waals surface area contributed by atoms with Crippen molar-refractivity contribution in [2.75, 3.05) is 12.4 Å². The van der Waals surface area contributed by atoms with Crippen molar-refractivity contribution in [3.05, 3.63) is 63.4 Å². The summed E-state index contributed by atoms with van der Waals surface area (Å²) in [6.45, 7) is 1.60. The van der Waals surface area contributed by atoms with Gasteiger partial charge in [-0.3, -0.25) is 14.9 Å². The fourth-order valence-corrected chi connectivity index (χ4v) is 4.61. The Morgan fingerprint density at radius 1 is 1.21 bits per heavy atom. The molecule has 194 valence electrons. The van der Waals surface area contributed by atoms with E-state index >= 15 is 0 Å². The van der Waals surface area contributed by atoms with Crippen LogP contribution in [0.2, 0.25) is 5.15 Å². The zero-order valence-electron chi connectivity index (χ0n) is 20.4. The van der Waals surface area contributed by atoms with Crippen LogP contribution < -0.4 is 15.6 Å². The smallest absolute Gasteiger partial charge is 0.329 e. The van der Waals surface area contributed by atoms with Crippen LogP contribution in [0.4, 0.5) is 5.13 Å². The normalized spacial score (nSPS) is 12.7. The monoisotopic (exact) mass is 560 g/mol. The fraction of sp³-hybridized carbons (Fsp3) is 0.200. The van der Waals surface area contributed by atoms with Gasteiger partial charge < -0.3 is 9.15 Å². The highest BCUT2D eigenvalue weighted by atomic mass is 35.5. The van der Waals surface area contributed by atoms with Crippen LogP contribution in [0.15, 0.2) is 39.9 Å². The lowest BCUT2D eigenvalue weighted by atomic mass is 10.0. The number of aryl methyl sites for hydroxylation is 1. The molecule has 12 nitrogen and oxygen atoms in total. The van der Waals surface area contributed by atoms with Crippen molar-refractivity contribution < 1.29 is 13.9 Å². The van der Waals surface area contributed by atoms with Crippen LogP contribution in [0.1, 0.15) is 34.8 Å². The van der Waals surface area contributed by atoms with Crippen LogP contribution in [0.3, 0.4) is 0 Å². The number of halogens is 1. The molecule has 0 atom stereocenters. The molecule has 0 aromatic carbocycles. The van der Waals surface area contributed by atoms with Gasteiger partial charge >= 0.3 is 6.01 Å². The van der Waals surface area contributed by atoms with Crippen LogP contribution in [-0.4, -0.2) is 47.7 Å². The van der Waals surface area contributed by atoms with Gasteiger partial charge in [0.1, 0.15) is 16.6 Å². The second-order valence-corrected chi connectivity index (χ2v) is 9.89. The number of carbonyl (C=O) groups excluding carboxylic acids is 1. The second-order valence-electron chi connectivity index (χ2n) is 8.52. The summed E-state index contributed by atoms with van der Waals surface area (Å²) in [6, 6.07) is 2.62. The van der Waals surface area contributed by atoms with E-state index in [4.69, 9.17) is 20.8 Å². The average molecular weight is 561 g/mol. The van der Waals surface area contributed by atoms with Gasteiger partial charge in [0.15, 0.2) is 15.6 Å². The number of aromatic nitrogens is 7. The summed E-state index contributed by atoms with van der Waals surface area (Å²) in [6.07, 6.45) is 6.60. The number of ether oxygens (including phenoxy) is 1. The highest BCUT2D eigenvalue weighted by Crippen LogP contribution is 2.34. The molecular formula is C25H17ClN8O4S. The van der Waals surface area contributed by atoms with Crippen molar-refractivity contribution in [3.8, 4) is 34.7 Å². The molecule has 5 aromatic rings. The lowest BCUT2D eigenvalue weighted by Crippen LogP contribution is -2.23. The van der Waals surface area contributed by atoms with E-state index in [-0.39, 0.29) is 27.8 Å². The maximum Gasteiger partial charge on any atom is 0.329 e. The number of hydrogen-bond donors (Lipinski definition) is 1. The minimum absolute atomic E-state index is 0.0317. The number of nitrogens with one attached hydrogen (secondary N) is 1. The Morgan fingerprint density at radius 3 is 2.79 bits per heavy atom. The van der Waals surface area contributed by atoms with Crippen molar-refractivity contribution in [2.24, 2.45) is 5.92 Å². The van der Waals surface area contributed by atoms with Gasteiger partial charge in [-0.05, 0) is 24.8 Å². The molecule has 0 saturated heterocycles. The quantitative estimate of drug-likeness (QED) is 0.249. The molecule has 39 heavy (non-hydrogen) atoms. The highest BCUT2D eigenvalue weighted by Gasteiger charge is 2.23. The molecule has 1 N–H and O–H groups in total. The van der Waals surface area contributed by atoms with E-state index in [9.17, 15) is 9.59 Å². The van der Waals surface area contributed by atoms with Crippen molar-refractivity contribution in [3.63, 3.8) is 0 Å². The number of nitrogens with zero attached hydrogens (tertiary/aromatic N) is 7. The van der Waals surface area contributed by atoms with Crippen LogP contribution in [0.25, 0.3) is 27.6 Å². The standard InChI is InChI=1S/C25H17ClN8O4S/c1-12-32-33-25(38-12)34-11-17(15-7-19(26)27-10-18(15)37-2)16(8-20(34)35)22(36)31-24-30-21-23(39-24)29-14(9-28-21)6-5-13-3-4-13/h7-11,13H,3-4H2,1-2H3,(H,28,30,31,36). The summed E-state index contributed by atoms with van der Waals surface area (Å²) in [7, 11) is 1.45. The van der Waals surface area contributed by atoms with Gasteiger partial charge in [0, 0.05) is 36.2 Å². The molecular weight excluding hydrogens is 544 g/mol. The molecule has 14 heteroatoms. The van der Waals surface area contributed by atoms with Gasteiger partial charge in [0.25, 0.3) is 11.5 Å². The van der Waals surface area contributed by atoms with E-state index in [0.29, 0.717) is 39.0 Å². The van der Waals surface area contributed by atoms with Gasteiger partial charge in [-0.1, -0.05) is 34.0 Å². The molecule has 5 aromatic heterocycles. The summed E-state index contributed by atoms with van der Waals surface area (Å²) >= 11 is 7.32. The zero-order valence-corrected chi connectivity index (χ0v) is 22.0. The maximum absolute atomic E-state index is 13.5. The summed E-state index contributed by atoms with van der Waals surface area (Å²) < 4.78 is 12.0. The highest BCUT2D eigenvalue weighted by molar-refractivity contribution is 7.21. The Kier molecular flexibility index (Phi) is 6.26. The van der Waals surface area contributed by atoms with Crippen molar-refractivity contribution in [1.82, 2.24) is 34.7 Å². The first-order chi connectivity index (χ1) is 18.9. The van der Waals surface area contributed by atoms with Gasteiger partial charge in [0.2, 0.25) is 5.89 Å². The lowest BCUT2D eigenvalue weighted by Gasteiger charge is -2.14. The van der Waals surface area contributed by atoms with E-state index in [1.165, 1.54) is 25.6 Å². The molecule has 0 aliphatic heterocycles. The predicted molar refractivity (Wildman–Crippen MR) is 142 cm³/mol. The van der Waals surface area contributed by atoms with E-state index in [2.05, 4.69) is 47.3 Å². The minimum Gasteiger partial charge on any atom is -0.494 e. The molecule has 0 bridgehead atoms. The van der Waals surface area contributed by atoms with Crippen molar-refractivity contribution in [1.29, 1.82) is 0 Å². The molecule has 1 amide bonds. The number of pyridine rings is 2. The maximum atomic E-state index is 13.5. The first-order valence-electron chi connectivity index (χ1n) is 11.6. The third-order valence-corrected chi connectivity index (χ3v) is 6.75. The van der Waals surface area contributed by atoms with E-state index in [0.717, 1.165) is 34.8 Å². The Bertz CT molecular complexity index is 1880. The Labute approximate surface area is 229 Å². The third-order valence-electron chi connectivity index (χ3n) is 5.69. The molecule has 1 aliphatic rings. The van der Waals surface area contributed by atoms with Gasteiger partial charge in [0.05, 0.1) is 25.1 Å². The van der Waals surface area contributed by atoms with Gasteiger partial charge in [-0.25, -0.2) is 19.5 Å². The van der Waals surface area contributed by atoms with E-state index < -0.39 is 11.5 Å². The van der Waals surface area contributed by atoms with Gasteiger partial charge in [-0.2, -0.15) is 4.98 Å². The summed E-state index contributed by atoms with van der Waals surface area (Å²) in [4.78, 5) is 44.3. The van der Waals surface area contributed by atoms with Crippen LogP contribution >= 0.6 is 22.9 Å². The molecule has 0 radical (unpaired) electrons. The third kappa shape index (κ3) is 5.07. The molecule has 1 fully saturated rings. The summed E-state index contributed by atoms with van der Waals surface area (Å²) in [5.74, 6) is 6.60. The Hall–Kier alpha value is -4.67. The number of amides is 1. The number of hydrogen-bond acceptors (Lipinski definition) is 11. The number of anilines is 1. The van der Waals surface area contributed by atoms with Crippen molar-refractivity contribution in [2.45, 2.75) is 19.8 Å². The first kappa shape index (κ1) is 24.7. The fourth-order valence-electron chi connectivity index (χ4n) is 3.66. The molecule has 5 heterocycles. The molecule has 6 rings (SSSR count). The predicted octanol–water partition coefficient (Wildman–Crippen LogP) is 3.67. The van der Waals surface area contributed by atoms with Gasteiger partial charge in [-0.15, -0.1) is 5.10 Å². The largest absolute Gasteiger partial charge is 0.494 e. The number of thiazole rings is 1. The van der Waals surface area contributed by atoms with E-state index in [1.54, 1.807) is 13.1 Å². The average Bonchev–Trinajstić information content (AvgIpc) is 3.52. The lowest BCUT2D eigenvalue weighted by molar-refractivity contribution is 0.102. The number of rotatable bonds is 5. The second kappa shape index (κ2) is 9.90. The molecule has 0 unspecified atom stereocenters. The Balaban J connectivity index is 1.41. The molecule has 1 aliphatic carbocycles. The van der Waals surface area contributed by atoms with Crippen LogP contribution in [-0.2, 0) is 0 Å². The zero-order chi connectivity index (χ0) is 27.1. The Morgan fingerprint density at radius 2 is 2.05 bits per heavy atom. The molecule has 1 saturated carbocycles. The summed E-state index contributed by atoms with van der Waals surface area (Å²) in [5.41, 5.74) is 1.10. The minimum atomic E-state index is -0.598. The van der Waals surface area contributed by atoms with Crippen LogP contribution in [0, 0.1) is 24.7 Å². The SMILES string of the molecule is COc1cnc(Cl)cc1-c1cn(-c2nnc(C)o2)c(=O)cc1C(=O)Nc1nc2ncc(C#CC3CC3)nc2s1. The van der Waals surface area contributed by atoms with Crippen LogP contribution in [0.5, 0.6) is 5.75 Å². The first-order valence-corrected chi connectivity index (χ1v) is 12.8.